The fourth-order valence-electron chi connectivity index (χ4n) is 3.52. The molecular weight excluding hydrogens is 368 g/mol. The number of nitrogens with zero attached hydrogens (tertiary/aromatic N) is 4. The molecule has 0 bridgehead atoms. The monoisotopic (exact) mass is 400 g/mol. The maximum absolute atomic E-state index is 12.8. The van der Waals surface area contributed by atoms with Crippen LogP contribution < -0.4 is 0 Å². The number of carbonyl (C=O) groups is 3. The van der Waals surface area contributed by atoms with E-state index >= 15 is 0 Å². The van der Waals surface area contributed by atoms with Gasteiger partial charge in [-0.05, 0) is 45.0 Å². The molecule has 29 heavy (non-hydrogen) atoms. The van der Waals surface area contributed by atoms with E-state index in [4.69, 9.17) is 4.99 Å². The third-order valence-corrected chi connectivity index (χ3v) is 5.42. The maximum Gasteiger partial charge on any atom is 0.332 e. The summed E-state index contributed by atoms with van der Waals surface area (Å²) >= 11 is 0. The van der Waals surface area contributed by atoms with Crippen molar-refractivity contribution >= 4 is 23.6 Å². The predicted molar refractivity (Wildman–Crippen MR) is 114 cm³/mol. The van der Waals surface area contributed by atoms with E-state index in [0.717, 1.165) is 47.8 Å². The number of imide groups is 2. The molecule has 0 saturated carbocycles. The Hall–Kier alpha value is -2.54. The maximum atomic E-state index is 12.8. The summed E-state index contributed by atoms with van der Waals surface area (Å²) in [6, 6.07) is 8.61. The molecule has 0 radical (unpaired) electrons. The molecular formula is C22H32N4O3. The van der Waals surface area contributed by atoms with Gasteiger partial charge in [0.1, 0.15) is 0 Å². The fourth-order valence-corrected chi connectivity index (χ4v) is 3.52. The quantitative estimate of drug-likeness (QED) is 0.472. The first-order chi connectivity index (χ1) is 13.8. The third-order valence-electron chi connectivity index (χ3n) is 5.42. The van der Waals surface area contributed by atoms with Crippen LogP contribution in [0.5, 0.6) is 0 Å². The number of carbonyl (C=O) groups excluding carboxylic acids is 3. The molecule has 4 amide bonds. The van der Waals surface area contributed by atoms with Crippen LogP contribution in [0.25, 0.3) is 0 Å². The third kappa shape index (κ3) is 5.29. The van der Waals surface area contributed by atoms with E-state index in [1.807, 2.05) is 37.3 Å². The van der Waals surface area contributed by atoms with E-state index in [-0.39, 0.29) is 6.04 Å². The first kappa shape index (κ1) is 22.7. The Morgan fingerprint density at radius 1 is 1.03 bits per heavy atom. The Morgan fingerprint density at radius 3 is 2.10 bits per heavy atom. The summed E-state index contributed by atoms with van der Waals surface area (Å²) in [7, 11) is 2.80. The van der Waals surface area contributed by atoms with Crippen LogP contribution in [0, 0.1) is 5.92 Å². The van der Waals surface area contributed by atoms with Gasteiger partial charge in [0.25, 0.3) is 0 Å². The lowest BCUT2D eigenvalue weighted by molar-refractivity contribution is -0.144. The molecule has 1 saturated heterocycles. The van der Waals surface area contributed by atoms with Crippen LogP contribution in [-0.4, -0.2) is 78.0 Å². The summed E-state index contributed by atoms with van der Waals surface area (Å²) in [6.07, 6.45) is 1.84. The highest BCUT2D eigenvalue weighted by Gasteiger charge is 2.45. The van der Waals surface area contributed by atoms with Crippen molar-refractivity contribution in [3.63, 3.8) is 0 Å². The highest BCUT2D eigenvalue weighted by atomic mass is 16.2. The molecule has 1 fully saturated rings. The molecule has 0 aromatic heterocycles. The number of benzene rings is 1. The van der Waals surface area contributed by atoms with E-state index in [9.17, 15) is 14.4 Å². The zero-order valence-corrected chi connectivity index (χ0v) is 18.1. The number of rotatable bonds is 9. The summed E-state index contributed by atoms with van der Waals surface area (Å²) in [5.41, 5.74) is 1.16. The Bertz CT molecular complexity index is 735. The normalized spacial score (nSPS) is 17.4. The standard InChI is InChI=1S/C22H32N4O3/c1-6-26(7-2)15-11-12-16(3)23-19(17-13-9-8-10-14-17)18-20(27)24(4)22(29)25(5)21(18)28/h8-10,13-14,16,18H,6-7,11-12,15H2,1-5H3/t16-/m1/s1. The van der Waals surface area contributed by atoms with Crippen molar-refractivity contribution in [2.45, 2.75) is 39.7 Å². The summed E-state index contributed by atoms with van der Waals surface area (Å²) < 4.78 is 0. The zero-order chi connectivity index (χ0) is 21.6. The second-order valence-corrected chi connectivity index (χ2v) is 7.41. The van der Waals surface area contributed by atoms with Crippen LogP contribution in [0.2, 0.25) is 0 Å². The molecule has 1 aliphatic heterocycles. The van der Waals surface area contributed by atoms with Crippen molar-refractivity contribution in [2.75, 3.05) is 33.7 Å². The molecule has 1 heterocycles. The lowest BCUT2D eigenvalue weighted by Gasteiger charge is -2.33. The van der Waals surface area contributed by atoms with E-state index in [1.54, 1.807) is 0 Å². The van der Waals surface area contributed by atoms with Gasteiger partial charge in [-0.25, -0.2) is 4.79 Å². The van der Waals surface area contributed by atoms with E-state index in [0.29, 0.717) is 5.71 Å². The molecule has 0 N–H and O–H groups in total. The van der Waals surface area contributed by atoms with Gasteiger partial charge in [-0.1, -0.05) is 44.2 Å². The average Bonchev–Trinajstić information content (AvgIpc) is 2.74. The molecule has 0 aliphatic carbocycles. The van der Waals surface area contributed by atoms with Crippen molar-refractivity contribution in [1.82, 2.24) is 14.7 Å². The highest BCUT2D eigenvalue weighted by molar-refractivity contribution is 6.30. The lowest BCUT2D eigenvalue weighted by atomic mass is 9.92. The Balaban J connectivity index is 2.30. The van der Waals surface area contributed by atoms with E-state index in [1.165, 1.54) is 14.1 Å². The Labute approximate surface area is 173 Å². The molecule has 158 valence electrons. The van der Waals surface area contributed by atoms with Gasteiger partial charge in [0.2, 0.25) is 11.8 Å². The van der Waals surface area contributed by atoms with Gasteiger partial charge in [0, 0.05) is 20.1 Å². The van der Waals surface area contributed by atoms with Crippen LogP contribution in [0.1, 0.15) is 39.2 Å². The summed E-state index contributed by atoms with van der Waals surface area (Å²) in [4.78, 5) is 46.9. The highest BCUT2D eigenvalue weighted by Crippen LogP contribution is 2.22. The SMILES string of the molecule is CCN(CC)CCC[C@@H](C)N=C(c1ccccc1)C1C(=O)N(C)C(=O)N(C)C1=O. The second-order valence-electron chi connectivity index (χ2n) is 7.41. The number of barbiturate groups is 1. The first-order valence-corrected chi connectivity index (χ1v) is 10.3. The van der Waals surface area contributed by atoms with Crippen LogP contribution in [-0.2, 0) is 9.59 Å². The summed E-state index contributed by atoms with van der Waals surface area (Å²) in [5, 5.41) is 0. The summed E-state index contributed by atoms with van der Waals surface area (Å²) in [6.45, 7) is 9.32. The lowest BCUT2D eigenvalue weighted by Crippen LogP contribution is -2.59. The molecule has 1 aromatic carbocycles. The number of aliphatic imine (C=N–C) groups is 1. The van der Waals surface area contributed by atoms with E-state index in [2.05, 4.69) is 18.7 Å². The van der Waals surface area contributed by atoms with Crippen LogP contribution in [0.4, 0.5) is 4.79 Å². The molecule has 1 aliphatic rings. The number of urea groups is 1. The van der Waals surface area contributed by atoms with Crippen molar-refractivity contribution < 1.29 is 14.4 Å². The van der Waals surface area contributed by atoms with Crippen molar-refractivity contribution in [1.29, 1.82) is 0 Å². The van der Waals surface area contributed by atoms with Crippen molar-refractivity contribution in [3.05, 3.63) is 35.9 Å². The van der Waals surface area contributed by atoms with Crippen molar-refractivity contribution in [2.24, 2.45) is 10.9 Å². The van der Waals surface area contributed by atoms with Gasteiger partial charge in [-0.2, -0.15) is 0 Å². The van der Waals surface area contributed by atoms with Gasteiger partial charge < -0.3 is 4.90 Å². The topological polar surface area (TPSA) is 73.3 Å². The minimum Gasteiger partial charge on any atom is -0.304 e. The zero-order valence-electron chi connectivity index (χ0n) is 18.1. The number of amides is 4. The number of hydrogen-bond acceptors (Lipinski definition) is 5. The van der Waals surface area contributed by atoms with Gasteiger partial charge in [-0.3, -0.25) is 24.4 Å². The van der Waals surface area contributed by atoms with E-state index < -0.39 is 23.8 Å². The van der Waals surface area contributed by atoms with Gasteiger partial charge in [0.05, 0.1) is 5.71 Å². The summed E-state index contributed by atoms with van der Waals surface area (Å²) in [5.74, 6) is -2.16. The Morgan fingerprint density at radius 2 is 1.59 bits per heavy atom. The Kier molecular flexibility index (Phi) is 8.08. The van der Waals surface area contributed by atoms with Crippen LogP contribution in [0.3, 0.4) is 0 Å². The predicted octanol–water partition coefficient (Wildman–Crippen LogP) is 2.65. The largest absolute Gasteiger partial charge is 0.332 e. The molecule has 7 nitrogen and oxygen atoms in total. The molecule has 2 rings (SSSR count). The number of hydrogen-bond donors (Lipinski definition) is 0. The molecule has 7 heteroatoms. The average molecular weight is 401 g/mol. The first-order valence-electron chi connectivity index (χ1n) is 10.3. The minimum absolute atomic E-state index is 0.0467. The van der Waals surface area contributed by atoms with Gasteiger partial charge >= 0.3 is 6.03 Å². The molecule has 0 unspecified atom stereocenters. The smallest absolute Gasteiger partial charge is 0.304 e. The molecule has 0 spiro atoms. The minimum atomic E-state index is -1.10. The molecule has 1 aromatic rings. The van der Waals surface area contributed by atoms with Crippen LogP contribution in [0.15, 0.2) is 35.3 Å². The molecule has 1 atom stereocenters. The second kappa shape index (κ2) is 10.3. The fraction of sp³-hybridized carbons (Fsp3) is 0.545. The van der Waals surface area contributed by atoms with Crippen LogP contribution >= 0.6 is 0 Å². The van der Waals surface area contributed by atoms with Crippen molar-refractivity contribution in [3.8, 4) is 0 Å². The van der Waals surface area contributed by atoms with Gasteiger partial charge in [-0.15, -0.1) is 0 Å². The van der Waals surface area contributed by atoms with Gasteiger partial charge in [0.15, 0.2) is 5.92 Å².